The molecule has 0 radical (unpaired) electrons. The Morgan fingerprint density at radius 3 is 2.55 bits per heavy atom. The fraction of sp³-hybridized carbons (Fsp3) is 0.278. The molecule has 0 heterocycles. The van der Waals surface area contributed by atoms with Gasteiger partial charge in [0.15, 0.2) is 0 Å². The number of carbonyl (C=O) groups excluding carboxylic acids is 1. The van der Waals surface area contributed by atoms with Crippen LogP contribution in [0.1, 0.15) is 16.7 Å². The average Bonchev–Trinajstić information content (AvgIpc) is 2.55. The predicted octanol–water partition coefficient (Wildman–Crippen LogP) is 3.55. The zero-order valence-electron chi connectivity index (χ0n) is 13.0. The molecule has 0 atom stereocenters. The number of hydrogen-bond acceptors (Lipinski definition) is 3. The zero-order valence-corrected chi connectivity index (χ0v) is 13.8. The lowest BCUT2D eigenvalue weighted by molar-refractivity contribution is -0.118. The minimum Gasteiger partial charge on any atom is -0.497 e. The molecule has 0 bridgehead atoms. The maximum Gasteiger partial charge on any atom is 0.230 e. The van der Waals surface area contributed by atoms with Crippen molar-refractivity contribution in [2.45, 2.75) is 19.2 Å². The third-order valence-corrected chi connectivity index (χ3v) is 4.38. The lowest BCUT2D eigenvalue weighted by Gasteiger charge is -2.07. The molecule has 3 nitrogen and oxygen atoms in total. The molecular formula is C18H21NO2S. The van der Waals surface area contributed by atoms with E-state index in [1.807, 2.05) is 36.4 Å². The van der Waals surface area contributed by atoms with E-state index in [4.69, 9.17) is 4.74 Å². The molecule has 1 N–H and O–H groups in total. The highest BCUT2D eigenvalue weighted by Gasteiger charge is 2.03. The van der Waals surface area contributed by atoms with Crippen LogP contribution in [0.3, 0.4) is 0 Å². The molecule has 116 valence electrons. The molecule has 22 heavy (non-hydrogen) atoms. The van der Waals surface area contributed by atoms with Gasteiger partial charge >= 0.3 is 0 Å². The Bertz CT molecular complexity index is 611. The lowest BCUT2D eigenvalue weighted by Crippen LogP contribution is -2.24. The van der Waals surface area contributed by atoms with Crippen LogP contribution in [0.5, 0.6) is 5.75 Å². The molecular weight excluding hydrogens is 294 g/mol. The number of carbonyl (C=O) groups is 1. The van der Waals surface area contributed by atoms with Crippen molar-refractivity contribution in [3.8, 4) is 5.75 Å². The number of aryl methyl sites for hydroxylation is 1. The van der Waals surface area contributed by atoms with Gasteiger partial charge in [0.25, 0.3) is 0 Å². The van der Waals surface area contributed by atoms with E-state index in [9.17, 15) is 4.79 Å². The summed E-state index contributed by atoms with van der Waals surface area (Å²) in [5, 5.41) is 2.94. The van der Waals surface area contributed by atoms with Crippen LogP contribution in [-0.2, 0) is 17.1 Å². The SMILES string of the molecule is COc1ccc(CNC(=O)CSCc2ccccc2C)cc1. The van der Waals surface area contributed by atoms with E-state index in [-0.39, 0.29) is 5.91 Å². The first-order chi connectivity index (χ1) is 10.7. The van der Waals surface area contributed by atoms with Crippen LogP contribution in [0, 0.1) is 6.92 Å². The van der Waals surface area contributed by atoms with E-state index in [1.165, 1.54) is 11.1 Å². The van der Waals surface area contributed by atoms with Gasteiger partial charge in [-0.2, -0.15) is 0 Å². The predicted molar refractivity (Wildman–Crippen MR) is 92.2 cm³/mol. The van der Waals surface area contributed by atoms with E-state index in [0.29, 0.717) is 12.3 Å². The van der Waals surface area contributed by atoms with Gasteiger partial charge in [0.2, 0.25) is 5.91 Å². The number of benzene rings is 2. The van der Waals surface area contributed by atoms with Crippen LogP contribution >= 0.6 is 11.8 Å². The fourth-order valence-corrected chi connectivity index (χ4v) is 2.95. The molecule has 0 saturated heterocycles. The molecule has 2 rings (SSSR count). The highest BCUT2D eigenvalue weighted by atomic mass is 32.2. The van der Waals surface area contributed by atoms with Gasteiger partial charge in [-0.15, -0.1) is 11.8 Å². The van der Waals surface area contributed by atoms with E-state index in [1.54, 1.807) is 18.9 Å². The van der Waals surface area contributed by atoms with Gasteiger partial charge in [-0.1, -0.05) is 36.4 Å². The van der Waals surface area contributed by atoms with E-state index >= 15 is 0 Å². The second kappa shape index (κ2) is 8.49. The molecule has 0 saturated carbocycles. The van der Waals surface area contributed by atoms with Crippen LogP contribution in [0.15, 0.2) is 48.5 Å². The number of rotatable bonds is 7. The lowest BCUT2D eigenvalue weighted by atomic mass is 10.1. The van der Waals surface area contributed by atoms with E-state index in [2.05, 4.69) is 24.4 Å². The third-order valence-electron chi connectivity index (χ3n) is 3.40. The van der Waals surface area contributed by atoms with Crippen LogP contribution < -0.4 is 10.1 Å². The number of hydrogen-bond donors (Lipinski definition) is 1. The smallest absolute Gasteiger partial charge is 0.230 e. The Morgan fingerprint density at radius 1 is 1.14 bits per heavy atom. The second-order valence-electron chi connectivity index (χ2n) is 5.04. The molecule has 0 unspecified atom stereocenters. The Hall–Kier alpha value is -1.94. The van der Waals surface area contributed by atoms with Gasteiger partial charge in [0, 0.05) is 12.3 Å². The van der Waals surface area contributed by atoms with Gasteiger partial charge in [-0.05, 0) is 35.7 Å². The molecule has 0 aliphatic heterocycles. The third kappa shape index (κ3) is 5.11. The quantitative estimate of drug-likeness (QED) is 0.849. The molecule has 2 aromatic carbocycles. The molecule has 0 spiro atoms. The Kier molecular flexibility index (Phi) is 6.34. The molecule has 0 fully saturated rings. The van der Waals surface area contributed by atoms with Crippen molar-refractivity contribution in [1.29, 1.82) is 0 Å². The van der Waals surface area contributed by atoms with Crippen molar-refractivity contribution in [1.82, 2.24) is 5.32 Å². The number of methoxy groups -OCH3 is 1. The van der Waals surface area contributed by atoms with Gasteiger partial charge in [0.1, 0.15) is 5.75 Å². The highest BCUT2D eigenvalue weighted by molar-refractivity contribution is 7.99. The number of nitrogens with one attached hydrogen (secondary N) is 1. The summed E-state index contributed by atoms with van der Waals surface area (Å²) in [4.78, 5) is 11.9. The van der Waals surface area contributed by atoms with Crippen LogP contribution in [0.4, 0.5) is 0 Å². The first kappa shape index (κ1) is 16.4. The summed E-state index contributed by atoms with van der Waals surface area (Å²) in [5.74, 6) is 2.23. The number of ether oxygens (including phenoxy) is 1. The Balaban J connectivity index is 1.70. The van der Waals surface area contributed by atoms with Gasteiger partial charge in [-0.3, -0.25) is 4.79 Å². The Labute approximate surface area is 136 Å². The summed E-state index contributed by atoms with van der Waals surface area (Å²) in [6.45, 7) is 2.65. The average molecular weight is 315 g/mol. The summed E-state index contributed by atoms with van der Waals surface area (Å²) in [7, 11) is 1.64. The summed E-state index contributed by atoms with van der Waals surface area (Å²) < 4.78 is 5.11. The van der Waals surface area contributed by atoms with E-state index in [0.717, 1.165) is 17.1 Å². The van der Waals surface area contributed by atoms with Crippen molar-refractivity contribution in [2.24, 2.45) is 0 Å². The largest absolute Gasteiger partial charge is 0.497 e. The van der Waals surface area contributed by atoms with Crippen LogP contribution in [0.25, 0.3) is 0 Å². The van der Waals surface area contributed by atoms with Crippen LogP contribution in [-0.4, -0.2) is 18.8 Å². The minimum absolute atomic E-state index is 0.0643. The molecule has 0 aromatic heterocycles. The summed E-state index contributed by atoms with van der Waals surface area (Å²) in [6, 6.07) is 16.0. The fourth-order valence-electron chi connectivity index (χ4n) is 2.02. The first-order valence-electron chi connectivity index (χ1n) is 7.21. The van der Waals surface area contributed by atoms with Gasteiger partial charge in [0.05, 0.1) is 12.9 Å². The second-order valence-corrected chi connectivity index (χ2v) is 6.03. The molecule has 0 aliphatic carbocycles. The minimum atomic E-state index is 0.0643. The van der Waals surface area contributed by atoms with Crippen molar-refractivity contribution in [2.75, 3.05) is 12.9 Å². The van der Waals surface area contributed by atoms with Gasteiger partial charge in [-0.25, -0.2) is 0 Å². The monoisotopic (exact) mass is 315 g/mol. The van der Waals surface area contributed by atoms with Crippen molar-refractivity contribution >= 4 is 17.7 Å². The molecule has 2 aromatic rings. The van der Waals surface area contributed by atoms with E-state index < -0.39 is 0 Å². The number of thioether (sulfide) groups is 1. The van der Waals surface area contributed by atoms with Crippen molar-refractivity contribution < 1.29 is 9.53 Å². The summed E-state index contributed by atoms with van der Waals surface area (Å²) >= 11 is 1.64. The Morgan fingerprint density at radius 2 is 1.86 bits per heavy atom. The molecule has 1 amide bonds. The van der Waals surface area contributed by atoms with Crippen molar-refractivity contribution in [3.63, 3.8) is 0 Å². The maximum absolute atomic E-state index is 11.9. The zero-order chi connectivity index (χ0) is 15.8. The molecule has 0 aliphatic rings. The maximum atomic E-state index is 11.9. The van der Waals surface area contributed by atoms with Crippen molar-refractivity contribution in [3.05, 3.63) is 65.2 Å². The standard InChI is InChI=1S/C18H21NO2S/c1-14-5-3-4-6-16(14)12-22-13-18(20)19-11-15-7-9-17(21-2)10-8-15/h3-10H,11-13H2,1-2H3,(H,19,20). The van der Waals surface area contributed by atoms with Gasteiger partial charge < -0.3 is 10.1 Å². The molecule has 4 heteroatoms. The van der Waals surface area contributed by atoms with Crippen LogP contribution in [0.2, 0.25) is 0 Å². The first-order valence-corrected chi connectivity index (χ1v) is 8.36. The highest BCUT2D eigenvalue weighted by Crippen LogP contribution is 2.15. The number of amides is 1. The topological polar surface area (TPSA) is 38.3 Å². The summed E-state index contributed by atoms with van der Waals surface area (Å²) in [6.07, 6.45) is 0. The normalized spacial score (nSPS) is 10.3. The summed E-state index contributed by atoms with van der Waals surface area (Å²) in [5.41, 5.74) is 3.63.